The van der Waals surface area contributed by atoms with E-state index in [-0.39, 0.29) is 23.8 Å². The second kappa shape index (κ2) is 3.12. The maximum Gasteiger partial charge on any atom is 0.354 e. The summed E-state index contributed by atoms with van der Waals surface area (Å²) in [4.78, 5) is 12.7. The highest BCUT2D eigenvalue weighted by atomic mass is 35.5. The SMILES string of the molecule is Cl.Nc1cc[nH]c1C(=O)O. The van der Waals surface area contributed by atoms with Crippen LogP contribution in [0.25, 0.3) is 0 Å². The summed E-state index contributed by atoms with van der Waals surface area (Å²) in [5.74, 6) is -1.03. The lowest BCUT2D eigenvalue weighted by molar-refractivity contribution is 0.0692. The van der Waals surface area contributed by atoms with Gasteiger partial charge in [0.15, 0.2) is 0 Å². The van der Waals surface area contributed by atoms with Gasteiger partial charge in [0.1, 0.15) is 5.69 Å². The van der Waals surface area contributed by atoms with Crippen molar-refractivity contribution in [3.8, 4) is 0 Å². The number of carbonyl (C=O) groups is 1. The zero-order valence-electron chi connectivity index (χ0n) is 5.00. The number of halogens is 1. The number of rotatable bonds is 1. The van der Waals surface area contributed by atoms with Crippen LogP contribution in [0.4, 0.5) is 5.69 Å². The van der Waals surface area contributed by atoms with Gasteiger partial charge in [-0.15, -0.1) is 12.4 Å². The van der Waals surface area contributed by atoms with Gasteiger partial charge in [0, 0.05) is 6.20 Å². The number of carboxylic acids is 1. The third kappa shape index (κ3) is 1.41. The van der Waals surface area contributed by atoms with Gasteiger partial charge in [-0.2, -0.15) is 0 Å². The second-order valence-corrected chi connectivity index (χ2v) is 1.61. The molecule has 1 aromatic rings. The van der Waals surface area contributed by atoms with Gasteiger partial charge < -0.3 is 15.8 Å². The minimum atomic E-state index is -1.03. The molecular weight excluding hydrogens is 156 g/mol. The molecule has 0 aliphatic carbocycles. The normalized spacial score (nSPS) is 8.40. The van der Waals surface area contributed by atoms with Crippen molar-refractivity contribution in [3.05, 3.63) is 18.0 Å². The summed E-state index contributed by atoms with van der Waals surface area (Å²) in [6.07, 6.45) is 1.48. The van der Waals surface area contributed by atoms with Crippen LogP contribution < -0.4 is 5.73 Å². The van der Waals surface area contributed by atoms with Crippen molar-refractivity contribution < 1.29 is 9.90 Å². The molecule has 0 unspecified atom stereocenters. The van der Waals surface area contributed by atoms with Gasteiger partial charge in [0.25, 0.3) is 0 Å². The highest BCUT2D eigenvalue weighted by Gasteiger charge is 2.06. The molecule has 5 heteroatoms. The third-order valence-corrected chi connectivity index (χ3v) is 0.993. The van der Waals surface area contributed by atoms with Crippen LogP contribution in [-0.4, -0.2) is 16.1 Å². The monoisotopic (exact) mass is 162 g/mol. The quantitative estimate of drug-likeness (QED) is 0.569. The van der Waals surface area contributed by atoms with Gasteiger partial charge in [-0.05, 0) is 6.07 Å². The third-order valence-electron chi connectivity index (χ3n) is 0.993. The molecular formula is C5H7ClN2O2. The Balaban J connectivity index is 0.000000810. The molecule has 0 amide bonds. The Morgan fingerprint density at radius 3 is 2.50 bits per heavy atom. The van der Waals surface area contributed by atoms with Crippen molar-refractivity contribution in [2.24, 2.45) is 0 Å². The minimum Gasteiger partial charge on any atom is -0.477 e. The predicted molar refractivity (Wildman–Crippen MR) is 39.4 cm³/mol. The molecule has 0 bridgehead atoms. The molecule has 0 aromatic carbocycles. The molecule has 0 fully saturated rings. The molecule has 0 saturated carbocycles. The van der Waals surface area contributed by atoms with Crippen molar-refractivity contribution in [2.75, 3.05) is 5.73 Å². The van der Waals surface area contributed by atoms with Crippen LogP contribution in [0.1, 0.15) is 10.5 Å². The fourth-order valence-electron chi connectivity index (χ4n) is 0.567. The van der Waals surface area contributed by atoms with E-state index in [1.807, 2.05) is 0 Å². The van der Waals surface area contributed by atoms with Crippen LogP contribution in [0, 0.1) is 0 Å². The standard InChI is InChI=1S/C5H6N2O2.ClH/c6-3-1-2-7-4(3)5(8)9;/h1-2,7H,6H2,(H,8,9);1H. The lowest BCUT2D eigenvalue weighted by atomic mass is 10.4. The number of aromatic carboxylic acids is 1. The van der Waals surface area contributed by atoms with Gasteiger partial charge in [-0.3, -0.25) is 0 Å². The maximum absolute atomic E-state index is 10.2. The average molecular weight is 163 g/mol. The molecule has 0 aliphatic heterocycles. The lowest BCUT2D eigenvalue weighted by Gasteiger charge is -1.87. The van der Waals surface area contributed by atoms with Crippen molar-refractivity contribution in [1.82, 2.24) is 4.98 Å². The number of nitrogens with two attached hydrogens (primary N) is 1. The van der Waals surface area contributed by atoms with E-state index in [2.05, 4.69) is 4.98 Å². The van der Waals surface area contributed by atoms with Gasteiger partial charge in [0.05, 0.1) is 5.69 Å². The van der Waals surface area contributed by atoms with Gasteiger partial charge in [0.2, 0.25) is 0 Å². The molecule has 0 atom stereocenters. The van der Waals surface area contributed by atoms with E-state index in [0.29, 0.717) is 0 Å². The van der Waals surface area contributed by atoms with Gasteiger partial charge in [-0.25, -0.2) is 4.79 Å². The molecule has 4 nitrogen and oxygen atoms in total. The number of H-pyrrole nitrogens is 1. The minimum absolute atomic E-state index is 0. The molecule has 4 N–H and O–H groups in total. The highest BCUT2D eigenvalue weighted by molar-refractivity contribution is 5.91. The Morgan fingerprint density at radius 1 is 1.70 bits per heavy atom. The number of aromatic amines is 1. The van der Waals surface area contributed by atoms with E-state index < -0.39 is 5.97 Å². The fraction of sp³-hybridized carbons (Fsp3) is 0. The summed E-state index contributed by atoms with van der Waals surface area (Å²) in [7, 11) is 0. The smallest absolute Gasteiger partial charge is 0.354 e. The molecule has 0 aliphatic rings. The van der Waals surface area contributed by atoms with Gasteiger partial charge >= 0.3 is 5.97 Å². The van der Waals surface area contributed by atoms with Crippen LogP contribution in [-0.2, 0) is 0 Å². The number of hydrogen-bond acceptors (Lipinski definition) is 2. The zero-order chi connectivity index (χ0) is 6.85. The first kappa shape index (κ1) is 8.84. The Kier molecular flexibility index (Phi) is 2.76. The number of nitrogen functional groups attached to an aromatic ring is 1. The predicted octanol–water partition coefficient (Wildman–Crippen LogP) is 0.717. The van der Waals surface area contributed by atoms with E-state index >= 15 is 0 Å². The van der Waals surface area contributed by atoms with Crippen LogP contribution in [0.2, 0.25) is 0 Å². The zero-order valence-corrected chi connectivity index (χ0v) is 5.81. The lowest BCUT2D eigenvalue weighted by Crippen LogP contribution is -2.00. The summed E-state index contributed by atoms with van der Waals surface area (Å²) in [6.45, 7) is 0. The molecule has 1 rings (SSSR count). The van der Waals surface area contributed by atoms with E-state index in [0.717, 1.165) is 0 Å². The summed E-state index contributed by atoms with van der Waals surface area (Å²) >= 11 is 0. The Hall–Kier alpha value is -1.16. The first-order valence-electron chi connectivity index (χ1n) is 2.38. The van der Waals surface area contributed by atoms with Crippen LogP contribution in [0.5, 0.6) is 0 Å². The number of aromatic nitrogens is 1. The van der Waals surface area contributed by atoms with E-state index in [1.54, 1.807) is 0 Å². The highest BCUT2D eigenvalue weighted by Crippen LogP contribution is 2.06. The first-order valence-corrected chi connectivity index (χ1v) is 2.38. The van der Waals surface area contributed by atoms with Crippen molar-refractivity contribution in [2.45, 2.75) is 0 Å². The largest absolute Gasteiger partial charge is 0.477 e. The van der Waals surface area contributed by atoms with E-state index in [1.165, 1.54) is 12.3 Å². The number of hydrogen-bond donors (Lipinski definition) is 3. The second-order valence-electron chi connectivity index (χ2n) is 1.61. The average Bonchev–Trinajstić information content (AvgIpc) is 2.13. The summed E-state index contributed by atoms with van der Waals surface area (Å²) in [6, 6.07) is 1.50. The summed E-state index contributed by atoms with van der Waals surface area (Å²) in [5.41, 5.74) is 5.55. The molecule has 0 saturated heterocycles. The molecule has 56 valence electrons. The Morgan fingerprint density at radius 2 is 2.30 bits per heavy atom. The molecule has 0 spiro atoms. The number of carboxylic acid groups (broad SMARTS) is 1. The first-order chi connectivity index (χ1) is 4.22. The molecule has 1 aromatic heterocycles. The summed E-state index contributed by atoms with van der Waals surface area (Å²) in [5, 5.41) is 8.34. The van der Waals surface area contributed by atoms with Crippen LogP contribution in [0.15, 0.2) is 12.3 Å². The number of anilines is 1. The molecule has 0 radical (unpaired) electrons. The van der Waals surface area contributed by atoms with Gasteiger partial charge in [-0.1, -0.05) is 0 Å². The van der Waals surface area contributed by atoms with Crippen LogP contribution >= 0.6 is 12.4 Å². The molecule has 1 heterocycles. The van der Waals surface area contributed by atoms with Crippen molar-refractivity contribution >= 4 is 24.1 Å². The number of nitrogens with one attached hydrogen (secondary N) is 1. The van der Waals surface area contributed by atoms with Crippen LogP contribution in [0.3, 0.4) is 0 Å². The fourth-order valence-corrected chi connectivity index (χ4v) is 0.567. The van der Waals surface area contributed by atoms with E-state index in [9.17, 15) is 4.79 Å². The maximum atomic E-state index is 10.2. The van der Waals surface area contributed by atoms with Crippen molar-refractivity contribution in [3.63, 3.8) is 0 Å². The Labute approximate surface area is 63.5 Å². The molecule has 10 heavy (non-hydrogen) atoms. The topological polar surface area (TPSA) is 79.1 Å². The van der Waals surface area contributed by atoms with E-state index in [4.69, 9.17) is 10.8 Å². The van der Waals surface area contributed by atoms with Crippen molar-refractivity contribution in [1.29, 1.82) is 0 Å². The summed E-state index contributed by atoms with van der Waals surface area (Å²) < 4.78 is 0. The Bertz CT molecular complexity index is 233.